The molecule has 1 amide bonds. The molecule has 0 aromatic rings. The molecule has 0 aromatic heterocycles. The average Bonchev–Trinajstić information content (AvgIpc) is 3.43. The van der Waals surface area contributed by atoms with Crippen molar-refractivity contribution in [1.29, 1.82) is 0 Å². The number of carbonyl (C=O) groups excluding carboxylic acids is 1. The van der Waals surface area contributed by atoms with E-state index in [0.717, 1.165) is 44.9 Å². The Labute approximate surface area is 476 Å². The quantitative estimate of drug-likeness (QED) is 0.0261. The van der Waals surface area contributed by atoms with E-state index in [0.29, 0.717) is 6.42 Å². The summed E-state index contributed by atoms with van der Waals surface area (Å²) < 4.78 is 11.3. The van der Waals surface area contributed by atoms with Crippen LogP contribution in [0.1, 0.15) is 335 Å². The van der Waals surface area contributed by atoms with Gasteiger partial charge in [0.2, 0.25) is 5.91 Å². The van der Waals surface area contributed by atoms with Crippen LogP contribution in [0.25, 0.3) is 0 Å². The maximum Gasteiger partial charge on any atom is 0.220 e. The van der Waals surface area contributed by atoms with Gasteiger partial charge < -0.3 is 40.3 Å². The number of hydrogen-bond acceptors (Lipinski definition) is 8. The van der Waals surface area contributed by atoms with E-state index in [1.54, 1.807) is 6.08 Å². The van der Waals surface area contributed by atoms with Crippen LogP contribution in [0.2, 0.25) is 0 Å². The number of hydrogen-bond donors (Lipinski definition) is 6. The van der Waals surface area contributed by atoms with E-state index >= 15 is 0 Å². The highest BCUT2D eigenvalue weighted by Gasteiger charge is 2.44. The molecule has 7 atom stereocenters. The molecule has 9 nitrogen and oxygen atoms in total. The molecular weight excluding hydrogens is 959 g/mol. The first kappa shape index (κ1) is 73.4. The van der Waals surface area contributed by atoms with Gasteiger partial charge in [-0.2, -0.15) is 0 Å². The molecule has 1 heterocycles. The Morgan fingerprint density at radius 2 is 0.740 bits per heavy atom. The lowest BCUT2D eigenvalue weighted by molar-refractivity contribution is -0.302. The number of unbranched alkanes of at least 4 members (excludes halogenated alkanes) is 45. The van der Waals surface area contributed by atoms with Crippen molar-refractivity contribution in [3.63, 3.8) is 0 Å². The molecule has 9 heteroatoms. The lowest BCUT2D eigenvalue weighted by atomic mass is 9.99. The van der Waals surface area contributed by atoms with Gasteiger partial charge in [-0.1, -0.05) is 320 Å². The molecule has 0 aliphatic carbocycles. The Hall–Kier alpha value is -1.59. The number of nitrogens with one attached hydrogen (secondary N) is 1. The molecule has 1 fully saturated rings. The maximum absolute atomic E-state index is 13.1. The first-order chi connectivity index (χ1) is 37.8. The van der Waals surface area contributed by atoms with Gasteiger partial charge in [0, 0.05) is 6.42 Å². The molecule has 7 unspecified atom stereocenters. The van der Waals surface area contributed by atoms with Crippen LogP contribution < -0.4 is 5.32 Å². The summed E-state index contributed by atoms with van der Waals surface area (Å²) in [6.45, 7) is 3.81. The van der Waals surface area contributed by atoms with Gasteiger partial charge >= 0.3 is 0 Å². The Morgan fingerprint density at radius 1 is 0.429 bits per heavy atom. The number of amides is 1. The van der Waals surface area contributed by atoms with Crippen LogP contribution in [0.4, 0.5) is 0 Å². The predicted octanol–water partition coefficient (Wildman–Crippen LogP) is 17.9. The molecule has 0 radical (unpaired) electrons. The molecule has 1 saturated heterocycles. The summed E-state index contributed by atoms with van der Waals surface area (Å²) in [5.41, 5.74) is 0. The van der Waals surface area contributed by atoms with E-state index in [1.165, 1.54) is 270 Å². The van der Waals surface area contributed by atoms with Crippen molar-refractivity contribution < 1.29 is 39.8 Å². The Morgan fingerprint density at radius 3 is 1.09 bits per heavy atom. The SMILES string of the molecule is CCCCCCCCCCCCCCCCCC/C=C/CC/C=C/CC/C=C/C(O)C(COC1OC(CO)C(O)C(O)C1O)NC(=O)CCCCCCCCCCCCCCCCCCCCCCCCCCCCCC. The van der Waals surface area contributed by atoms with Crippen LogP contribution in [-0.4, -0.2) is 87.5 Å². The molecule has 0 aromatic carbocycles. The third-order valence-corrected chi connectivity index (χ3v) is 16.2. The van der Waals surface area contributed by atoms with Gasteiger partial charge in [0.15, 0.2) is 6.29 Å². The second-order valence-electron chi connectivity index (χ2n) is 23.6. The normalized spacial score (nSPS) is 18.9. The summed E-state index contributed by atoms with van der Waals surface area (Å²) >= 11 is 0. The predicted molar refractivity (Wildman–Crippen MR) is 327 cm³/mol. The molecule has 0 spiro atoms. The second kappa shape index (κ2) is 57.6. The number of allylic oxidation sites excluding steroid dienone is 5. The highest BCUT2D eigenvalue weighted by atomic mass is 16.7. The molecule has 1 aliphatic heterocycles. The van der Waals surface area contributed by atoms with Gasteiger partial charge in [0.1, 0.15) is 24.4 Å². The topological polar surface area (TPSA) is 149 Å². The molecule has 6 N–H and O–H groups in total. The minimum absolute atomic E-state index is 0.184. The fourth-order valence-electron chi connectivity index (χ4n) is 10.9. The molecule has 0 saturated carbocycles. The monoisotopic (exact) mass is 1090 g/mol. The number of carbonyl (C=O) groups is 1. The van der Waals surface area contributed by atoms with E-state index in [2.05, 4.69) is 43.5 Å². The molecule has 77 heavy (non-hydrogen) atoms. The van der Waals surface area contributed by atoms with E-state index in [9.17, 15) is 30.3 Å². The lowest BCUT2D eigenvalue weighted by Gasteiger charge is -2.40. The van der Waals surface area contributed by atoms with Crippen molar-refractivity contribution in [3.8, 4) is 0 Å². The van der Waals surface area contributed by atoms with Gasteiger partial charge in [-0.05, 0) is 44.9 Å². The van der Waals surface area contributed by atoms with Gasteiger partial charge in [0.25, 0.3) is 0 Å². The van der Waals surface area contributed by atoms with E-state index < -0.39 is 49.5 Å². The number of aliphatic hydroxyl groups is 5. The third kappa shape index (κ3) is 46.7. The minimum Gasteiger partial charge on any atom is -0.394 e. The van der Waals surface area contributed by atoms with Crippen molar-refractivity contribution in [2.45, 2.75) is 378 Å². The highest BCUT2D eigenvalue weighted by molar-refractivity contribution is 5.76. The van der Waals surface area contributed by atoms with E-state index in [4.69, 9.17) is 9.47 Å². The van der Waals surface area contributed by atoms with E-state index in [1.807, 2.05) is 6.08 Å². The van der Waals surface area contributed by atoms with Gasteiger partial charge in [-0.3, -0.25) is 4.79 Å². The van der Waals surface area contributed by atoms with Crippen molar-refractivity contribution in [3.05, 3.63) is 36.5 Å². The van der Waals surface area contributed by atoms with E-state index in [-0.39, 0.29) is 12.5 Å². The second-order valence-corrected chi connectivity index (χ2v) is 23.6. The van der Waals surface area contributed by atoms with Gasteiger partial charge in [0.05, 0.1) is 25.4 Å². The molecular formula is C68H129NO8. The maximum atomic E-state index is 13.1. The zero-order valence-corrected chi connectivity index (χ0v) is 50.7. The van der Waals surface area contributed by atoms with Crippen molar-refractivity contribution in [1.82, 2.24) is 5.32 Å². The highest BCUT2D eigenvalue weighted by Crippen LogP contribution is 2.23. The fourth-order valence-corrected chi connectivity index (χ4v) is 10.9. The minimum atomic E-state index is -1.57. The zero-order chi connectivity index (χ0) is 55.8. The van der Waals surface area contributed by atoms with Crippen LogP contribution in [0.5, 0.6) is 0 Å². The molecule has 1 aliphatic rings. The Kier molecular flexibility index (Phi) is 55.0. The van der Waals surface area contributed by atoms with Crippen molar-refractivity contribution in [2.75, 3.05) is 13.2 Å². The number of aliphatic hydroxyl groups excluding tert-OH is 5. The first-order valence-corrected chi connectivity index (χ1v) is 33.7. The molecule has 454 valence electrons. The summed E-state index contributed by atoms with van der Waals surface area (Å²) in [6, 6.07) is -0.827. The van der Waals surface area contributed by atoms with Crippen LogP contribution in [0.3, 0.4) is 0 Å². The summed E-state index contributed by atoms with van der Waals surface area (Å²) in [5, 5.41) is 54.7. The largest absolute Gasteiger partial charge is 0.394 e. The molecule has 1 rings (SSSR count). The van der Waals surface area contributed by atoms with Crippen LogP contribution >= 0.6 is 0 Å². The Bertz CT molecular complexity index is 1310. The van der Waals surface area contributed by atoms with Gasteiger partial charge in [-0.25, -0.2) is 0 Å². The fraction of sp³-hybridized carbons (Fsp3) is 0.897. The smallest absolute Gasteiger partial charge is 0.220 e. The summed E-state index contributed by atoms with van der Waals surface area (Å²) in [7, 11) is 0. The lowest BCUT2D eigenvalue weighted by Crippen LogP contribution is -2.60. The first-order valence-electron chi connectivity index (χ1n) is 33.7. The molecule has 0 bridgehead atoms. The summed E-state index contributed by atoms with van der Waals surface area (Å²) in [6.07, 6.45) is 69.6. The van der Waals surface area contributed by atoms with Crippen LogP contribution in [0.15, 0.2) is 36.5 Å². The average molecular weight is 1090 g/mol. The Balaban J connectivity index is 2.17. The van der Waals surface area contributed by atoms with Crippen LogP contribution in [-0.2, 0) is 14.3 Å². The zero-order valence-electron chi connectivity index (χ0n) is 50.7. The van der Waals surface area contributed by atoms with Crippen molar-refractivity contribution >= 4 is 5.91 Å². The van der Waals surface area contributed by atoms with Crippen molar-refractivity contribution in [2.24, 2.45) is 0 Å². The van der Waals surface area contributed by atoms with Gasteiger partial charge in [-0.15, -0.1) is 0 Å². The standard InChI is InChI=1S/C68H129NO8/c1-3-5-7-9-11-13-15-17-19-21-23-25-27-29-31-32-34-36-38-40-42-44-46-48-50-52-54-56-58-64(72)69-61(60-76-68-67(75)66(74)65(73)63(59-70)77-68)62(71)57-55-53-51-49-47-45-43-41-39-37-35-33-30-28-26-24-22-20-18-16-14-12-10-8-6-4-2/h39,41,47,49,55,57,61-63,65-68,70-71,73-75H,3-38,40,42-46,48,50-54,56,58-60H2,1-2H3,(H,69,72)/b41-39+,49-47+,57-55+. The third-order valence-electron chi connectivity index (χ3n) is 16.2. The van der Waals surface area contributed by atoms with Crippen LogP contribution in [0, 0.1) is 0 Å². The number of rotatable bonds is 59. The number of ether oxygens (including phenoxy) is 2. The summed E-state index contributed by atoms with van der Waals surface area (Å²) in [5.74, 6) is -0.184. The summed E-state index contributed by atoms with van der Waals surface area (Å²) in [4.78, 5) is 13.1.